The van der Waals surface area contributed by atoms with Crippen molar-refractivity contribution in [2.45, 2.75) is 38.3 Å². The summed E-state index contributed by atoms with van der Waals surface area (Å²) >= 11 is 1.42. The maximum atomic E-state index is 12.3. The highest BCUT2D eigenvalue weighted by molar-refractivity contribution is 7.89. The first kappa shape index (κ1) is 16.2. The van der Waals surface area contributed by atoms with Crippen molar-refractivity contribution >= 4 is 21.4 Å². The molecule has 1 aromatic heterocycles. The van der Waals surface area contributed by atoms with Gasteiger partial charge in [0, 0.05) is 22.8 Å². The van der Waals surface area contributed by atoms with Crippen molar-refractivity contribution in [3.8, 4) is 0 Å². The third-order valence-corrected chi connectivity index (χ3v) is 6.04. The molecule has 0 bridgehead atoms. The Morgan fingerprint density at radius 1 is 1.19 bits per heavy atom. The lowest BCUT2D eigenvalue weighted by Crippen LogP contribution is -2.23. The van der Waals surface area contributed by atoms with E-state index in [0.29, 0.717) is 18.0 Å². The van der Waals surface area contributed by atoms with Crippen molar-refractivity contribution in [2.24, 2.45) is 5.73 Å². The summed E-state index contributed by atoms with van der Waals surface area (Å²) < 4.78 is 27.3. The van der Waals surface area contributed by atoms with Gasteiger partial charge in [0.1, 0.15) is 0 Å². The maximum absolute atomic E-state index is 12.3. The quantitative estimate of drug-likeness (QED) is 0.858. The van der Waals surface area contributed by atoms with Crippen LogP contribution in [0.4, 0.5) is 0 Å². The molecule has 0 spiro atoms. The molecule has 0 aliphatic carbocycles. The lowest BCUT2D eigenvalue weighted by atomic mass is 10.1. The minimum atomic E-state index is -3.49. The molecule has 2 aromatic rings. The summed E-state index contributed by atoms with van der Waals surface area (Å²) in [5.74, 6) is 0. The van der Waals surface area contributed by atoms with Crippen LogP contribution in [-0.2, 0) is 29.5 Å². The average Bonchev–Trinajstić information content (AvgIpc) is 2.88. The molecule has 0 aliphatic heterocycles. The lowest BCUT2D eigenvalue weighted by Gasteiger charge is -2.07. The number of hydrogen-bond acceptors (Lipinski definition) is 4. The number of rotatable bonds is 6. The van der Waals surface area contributed by atoms with Gasteiger partial charge in [-0.25, -0.2) is 13.1 Å². The molecule has 0 amide bonds. The highest BCUT2D eigenvalue weighted by Crippen LogP contribution is 2.25. The third kappa shape index (κ3) is 3.91. The Hall–Kier alpha value is -1.21. The van der Waals surface area contributed by atoms with Crippen LogP contribution in [0, 0.1) is 6.92 Å². The zero-order valence-electron chi connectivity index (χ0n) is 12.2. The Labute approximate surface area is 130 Å². The predicted molar refractivity (Wildman–Crippen MR) is 86.8 cm³/mol. The molecule has 0 saturated heterocycles. The minimum Gasteiger partial charge on any atom is -0.326 e. The molecule has 3 N–H and O–H groups in total. The van der Waals surface area contributed by atoms with Crippen LogP contribution in [0.5, 0.6) is 0 Å². The van der Waals surface area contributed by atoms with E-state index in [4.69, 9.17) is 5.73 Å². The average molecular weight is 324 g/mol. The van der Waals surface area contributed by atoms with Crippen LogP contribution in [0.3, 0.4) is 0 Å². The van der Waals surface area contributed by atoms with Crippen LogP contribution >= 0.6 is 11.3 Å². The number of sulfonamides is 1. The first-order valence-electron chi connectivity index (χ1n) is 6.83. The summed E-state index contributed by atoms with van der Waals surface area (Å²) in [4.78, 5) is 1.97. The summed E-state index contributed by atoms with van der Waals surface area (Å²) in [6.07, 6.45) is 0.974. The van der Waals surface area contributed by atoms with Crippen LogP contribution < -0.4 is 10.5 Å². The van der Waals surface area contributed by atoms with Crippen molar-refractivity contribution in [2.75, 3.05) is 0 Å². The van der Waals surface area contributed by atoms with Crippen molar-refractivity contribution < 1.29 is 8.42 Å². The van der Waals surface area contributed by atoms with E-state index < -0.39 is 10.0 Å². The van der Waals surface area contributed by atoms with Gasteiger partial charge in [-0.1, -0.05) is 31.2 Å². The second kappa shape index (κ2) is 6.70. The molecular weight excluding hydrogens is 304 g/mol. The van der Waals surface area contributed by atoms with Crippen LogP contribution in [0.25, 0.3) is 0 Å². The van der Waals surface area contributed by atoms with E-state index in [1.165, 1.54) is 16.9 Å². The molecular formula is C15H20N2O2S2. The summed E-state index contributed by atoms with van der Waals surface area (Å²) in [5.41, 5.74) is 7.75. The zero-order chi connectivity index (χ0) is 15.5. The van der Waals surface area contributed by atoms with Gasteiger partial charge >= 0.3 is 0 Å². The number of hydrogen-bond donors (Lipinski definition) is 2. The van der Waals surface area contributed by atoms with Gasteiger partial charge in [-0.05, 0) is 30.5 Å². The lowest BCUT2D eigenvalue weighted by molar-refractivity contribution is 0.581. The molecule has 0 unspecified atom stereocenters. The third-order valence-electron chi connectivity index (χ3n) is 3.31. The van der Waals surface area contributed by atoms with Gasteiger partial charge in [-0.2, -0.15) is 0 Å². The predicted octanol–water partition coefficient (Wildman–Crippen LogP) is 2.56. The molecule has 21 heavy (non-hydrogen) atoms. The molecule has 0 atom stereocenters. The van der Waals surface area contributed by atoms with E-state index in [9.17, 15) is 8.42 Å². The van der Waals surface area contributed by atoms with Crippen molar-refractivity contribution in [1.82, 2.24) is 4.72 Å². The number of benzene rings is 1. The van der Waals surface area contributed by atoms with Crippen LogP contribution in [-0.4, -0.2) is 8.42 Å². The number of aryl methyl sites for hydroxylation is 2. The molecule has 2 rings (SSSR count). The van der Waals surface area contributed by atoms with Crippen molar-refractivity contribution in [3.63, 3.8) is 0 Å². The van der Waals surface area contributed by atoms with E-state index in [0.717, 1.165) is 21.7 Å². The van der Waals surface area contributed by atoms with Gasteiger partial charge in [0.05, 0.1) is 4.90 Å². The van der Waals surface area contributed by atoms with E-state index in [-0.39, 0.29) is 0 Å². The molecule has 1 heterocycles. The van der Waals surface area contributed by atoms with Crippen molar-refractivity contribution in [3.05, 3.63) is 51.2 Å². The second-order valence-corrected chi connectivity index (χ2v) is 7.91. The van der Waals surface area contributed by atoms with Gasteiger partial charge in [-0.3, -0.25) is 0 Å². The standard InChI is InChI=1S/C15H20N2O2S2/c1-3-12-4-6-13(7-5-12)10-17-21(18,19)15-8-14(9-16)20-11(15)2/h4-8,17H,3,9-10,16H2,1-2H3. The first-order chi connectivity index (χ1) is 9.96. The van der Waals surface area contributed by atoms with Crippen LogP contribution in [0.15, 0.2) is 35.2 Å². The summed E-state index contributed by atoms with van der Waals surface area (Å²) in [6, 6.07) is 9.60. The van der Waals surface area contributed by atoms with Crippen molar-refractivity contribution in [1.29, 1.82) is 0 Å². The fourth-order valence-electron chi connectivity index (χ4n) is 2.04. The van der Waals surface area contributed by atoms with Crippen LogP contribution in [0.2, 0.25) is 0 Å². The summed E-state index contributed by atoms with van der Waals surface area (Å²) in [5, 5.41) is 0. The summed E-state index contributed by atoms with van der Waals surface area (Å²) in [6.45, 7) is 4.54. The molecule has 0 fully saturated rings. The van der Waals surface area contributed by atoms with Gasteiger partial charge in [0.15, 0.2) is 0 Å². The molecule has 114 valence electrons. The Morgan fingerprint density at radius 3 is 2.33 bits per heavy atom. The number of nitrogens with two attached hydrogens (primary N) is 1. The Morgan fingerprint density at radius 2 is 1.81 bits per heavy atom. The van der Waals surface area contributed by atoms with E-state index >= 15 is 0 Å². The molecule has 6 heteroatoms. The molecule has 0 saturated carbocycles. The van der Waals surface area contributed by atoms with E-state index in [2.05, 4.69) is 11.6 Å². The summed E-state index contributed by atoms with van der Waals surface area (Å²) in [7, 11) is -3.49. The van der Waals surface area contributed by atoms with E-state index in [1.807, 2.05) is 24.3 Å². The van der Waals surface area contributed by atoms with Gasteiger partial charge in [0.25, 0.3) is 0 Å². The zero-order valence-corrected chi connectivity index (χ0v) is 13.9. The van der Waals surface area contributed by atoms with Gasteiger partial charge < -0.3 is 5.73 Å². The number of thiophene rings is 1. The molecule has 0 aliphatic rings. The highest BCUT2D eigenvalue weighted by Gasteiger charge is 2.19. The SMILES string of the molecule is CCc1ccc(CNS(=O)(=O)c2cc(CN)sc2C)cc1. The van der Waals surface area contributed by atoms with Gasteiger partial charge in [-0.15, -0.1) is 11.3 Å². The largest absolute Gasteiger partial charge is 0.326 e. The minimum absolute atomic E-state index is 0.291. The Kier molecular flexibility index (Phi) is 5.16. The first-order valence-corrected chi connectivity index (χ1v) is 9.13. The molecule has 1 aromatic carbocycles. The van der Waals surface area contributed by atoms with Gasteiger partial charge in [0.2, 0.25) is 10.0 Å². The molecule has 4 nitrogen and oxygen atoms in total. The Balaban J connectivity index is 2.11. The fourth-order valence-corrected chi connectivity index (χ4v) is 4.57. The Bertz CT molecular complexity index is 704. The normalized spacial score (nSPS) is 11.8. The fraction of sp³-hybridized carbons (Fsp3) is 0.333. The topological polar surface area (TPSA) is 72.2 Å². The maximum Gasteiger partial charge on any atom is 0.241 e. The molecule has 0 radical (unpaired) electrons. The smallest absolute Gasteiger partial charge is 0.241 e. The number of nitrogens with one attached hydrogen (secondary N) is 1. The highest BCUT2D eigenvalue weighted by atomic mass is 32.2. The van der Waals surface area contributed by atoms with Crippen LogP contribution in [0.1, 0.15) is 27.8 Å². The monoisotopic (exact) mass is 324 g/mol. The second-order valence-electron chi connectivity index (χ2n) is 4.83. The van der Waals surface area contributed by atoms with E-state index in [1.54, 1.807) is 13.0 Å².